The molecule has 2 heterocycles. The highest BCUT2D eigenvalue weighted by Crippen LogP contribution is 2.27. The van der Waals surface area contributed by atoms with Gasteiger partial charge in [0.25, 0.3) is 0 Å². The topological polar surface area (TPSA) is 81.2 Å². The monoisotopic (exact) mass is 527 g/mol. The summed E-state index contributed by atoms with van der Waals surface area (Å²) in [6.07, 6.45) is 0.145. The molecule has 2 aromatic heterocycles. The largest absolute Gasteiger partial charge is 0.456 e. The van der Waals surface area contributed by atoms with E-state index in [0.29, 0.717) is 37.9 Å². The second kappa shape index (κ2) is 10.9. The van der Waals surface area contributed by atoms with E-state index >= 15 is 0 Å². The predicted molar refractivity (Wildman–Crippen MR) is 147 cm³/mol. The molecule has 0 saturated heterocycles. The van der Waals surface area contributed by atoms with Crippen molar-refractivity contribution < 1.29 is 14.3 Å². The lowest BCUT2D eigenvalue weighted by atomic mass is 10.0. The van der Waals surface area contributed by atoms with Crippen molar-refractivity contribution in [2.24, 2.45) is 0 Å². The molecule has 0 unspecified atom stereocenters. The molecule has 0 aliphatic heterocycles. The van der Waals surface area contributed by atoms with E-state index in [1.807, 2.05) is 67.6 Å². The van der Waals surface area contributed by atoms with Crippen LogP contribution in [0.4, 0.5) is 5.69 Å². The van der Waals surface area contributed by atoms with E-state index in [1.54, 1.807) is 23.6 Å². The van der Waals surface area contributed by atoms with Gasteiger partial charge >= 0.3 is 5.97 Å². The highest BCUT2D eigenvalue weighted by molar-refractivity contribution is 7.09. The molecule has 1 amide bonds. The van der Waals surface area contributed by atoms with E-state index in [4.69, 9.17) is 21.3 Å². The van der Waals surface area contributed by atoms with Gasteiger partial charge in [0.1, 0.15) is 11.6 Å². The van der Waals surface area contributed by atoms with Crippen molar-refractivity contribution in [3.63, 3.8) is 0 Å². The summed E-state index contributed by atoms with van der Waals surface area (Å²) in [5.41, 5.74) is 4.97. The number of nitrogens with zero attached hydrogens (tertiary/aromatic N) is 2. The lowest BCUT2D eigenvalue weighted by molar-refractivity contribution is -0.115. The average molecular weight is 528 g/mol. The smallest absolute Gasteiger partial charge is 0.339 e. The number of pyridine rings is 1. The number of thiazole rings is 1. The van der Waals surface area contributed by atoms with E-state index < -0.39 is 5.97 Å². The Morgan fingerprint density at radius 1 is 0.973 bits per heavy atom. The number of para-hydroxylation sites is 2. The lowest BCUT2D eigenvalue weighted by Gasteiger charge is -2.10. The zero-order valence-electron chi connectivity index (χ0n) is 19.9. The molecule has 0 aliphatic rings. The first-order valence-electron chi connectivity index (χ1n) is 11.6. The maximum atomic E-state index is 13.1. The number of fused-ring (bicyclic) bond motifs is 1. The molecule has 5 rings (SSSR count). The Kier molecular flexibility index (Phi) is 7.25. The van der Waals surface area contributed by atoms with E-state index in [9.17, 15) is 9.59 Å². The summed E-state index contributed by atoms with van der Waals surface area (Å²) in [7, 11) is 0. The summed E-state index contributed by atoms with van der Waals surface area (Å²) in [5, 5.41) is 6.69. The minimum Gasteiger partial charge on any atom is -0.456 e. The minimum absolute atomic E-state index is 0.00166. The van der Waals surface area contributed by atoms with Gasteiger partial charge in [-0.3, -0.25) is 4.79 Å². The molecule has 37 heavy (non-hydrogen) atoms. The number of aryl methyl sites for hydroxylation is 1. The number of anilines is 1. The summed E-state index contributed by atoms with van der Waals surface area (Å²) in [6, 6.07) is 24.1. The van der Waals surface area contributed by atoms with Crippen LogP contribution in [0.3, 0.4) is 0 Å². The second-order valence-corrected chi connectivity index (χ2v) is 9.81. The zero-order chi connectivity index (χ0) is 25.8. The van der Waals surface area contributed by atoms with Crippen molar-refractivity contribution in [1.82, 2.24) is 9.97 Å². The number of benzene rings is 3. The van der Waals surface area contributed by atoms with E-state index in [2.05, 4.69) is 10.3 Å². The number of carbonyl (C=O) groups excluding carboxylic acids is 2. The Hall–Kier alpha value is -4.07. The fraction of sp³-hybridized carbons (Fsp3) is 0.103. The number of ether oxygens (including phenoxy) is 1. The van der Waals surface area contributed by atoms with Crippen LogP contribution >= 0.6 is 22.9 Å². The van der Waals surface area contributed by atoms with Gasteiger partial charge < -0.3 is 10.1 Å². The summed E-state index contributed by atoms with van der Waals surface area (Å²) < 4.78 is 5.62. The van der Waals surface area contributed by atoms with Gasteiger partial charge in [-0.15, -0.1) is 11.3 Å². The van der Waals surface area contributed by atoms with Gasteiger partial charge in [0.15, 0.2) is 0 Å². The standard InChI is InChI=1S/C29H22ClN3O3S/c1-18-6-2-4-8-24(18)33-27(34)15-28-31-21(17-37-28)16-36-29(35)23-14-26(19-10-12-20(30)13-11-19)32-25-9-5-3-7-22(23)25/h2-14,17H,15-16H2,1H3,(H,33,34). The van der Waals surface area contributed by atoms with Crippen molar-refractivity contribution >= 4 is 51.4 Å². The third-order valence-corrected chi connectivity index (χ3v) is 6.91. The molecule has 8 heteroatoms. The summed E-state index contributed by atoms with van der Waals surface area (Å²) in [6.45, 7) is 1.94. The molecule has 0 radical (unpaired) electrons. The highest BCUT2D eigenvalue weighted by atomic mass is 35.5. The van der Waals surface area contributed by atoms with Gasteiger partial charge in [-0.05, 0) is 42.8 Å². The number of nitrogens with one attached hydrogen (secondary N) is 1. The maximum Gasteiger partial charge on any atom is 0.339 e. The molecule has 184 valence electrons. The third kappa shape index (κ3) is 5.85. The average Bonchev–Trinajstić information content (AvgIpc) is 3.35. The fourth-order valence-electron chi connectivity index (χ4n) is 3.87. The van der Waals surface area contributed by atoms with Crippen LogP contribution < -0.4 is 5.32 Å². The number of aromatic nitrogens is 2. The van der Waals surface area contributed by atoms with E-state index in [-0.39, 0.29) is 18.9 Å². The zero-order valence-corrected chi connectivity index (χ0v) is 21.5. The van der Waals surface area contributed by atoms with Crippen molar-refractivity contribution in [2.45, 2.75) is 20.0 Å². The molecule has 0 bridgehead atoms. The number of esters is 1. The van der Waals surface area contributed by atoms with Crippen LogP contribution in [-0.2, 0) is 22.6 Å². The van der Waals surface area contributed by atoms with Crippen molar-refractivity contribution in [2.75, 3.05) is 5.32 Å². The van der Waals surface area contributed by atoms with Gasteiger partial charge in [-0.1, -0.05) is 60.1 Å². The molecule has 0 saturated carbocycles. The Balaban J connectivity index is 1.28. The minimum atomic E-state index is -0.472. The van der Waals surface area contributed by atoms with Crippen molar-refractivity contribution in [1.29, 1.82) is 0 Å². The van der Waals surface area contributed by atoms with Gasteiger partial charge in [0, 0.05) is 27.0 Å². The molecule has 0 spiro atoms. The molecular weight excluding hydrogens is 506 g/mol. The number of hydrogen-bond donors (Lipinski definition) is 1. The number of amides is 1. The quantitative estimate of drug-likeness (QED) is 0.234. The van der Waals surface area contributed by atoms with E-state index in [0.717, 1.165) is 16.8 Å². The molecule has 0 fully saturated rings. The molecule has 6 nitrogen and oxygen atoms in total. The van der Waals surface area contributed by atoms with Crippen LogP contribution in [0.25, 0.3) is 22.2 Å². The number of carbonyl (C=O) groups is 2. The number of rotatable bonds is 7. The SMILES string of the molecule is Cc1ccccc1NC(=O)Cc1nc(COC(=O)c2cc(-c3ccc(Cl)cc3)nc3ccccc23)cs1. The fourth-order valence-corrected chi connectivity index (χ4v) is 4.77. The van der Waals surface area contributed by atoms with E-state index in [1.165, 1.54) is 11.3 Å². The van der Waals surface area contributed by atoms with Crippen LogP contribution in [0.5, 0.6) is 0 Å². The molecular formula is C29H22ClN3O3S. The Morgan fingerprint density at radius 2 is 1.73 bits per heavy atom. The molecule has 0 atom stereocenters. The van der Waals surface area contributed by atoms with Crippen LogP contribution in [0.15, 0.2) is 84.2 Å². The van der Waals surface area contributed by atoms with Crippen LogP contribution in [0.2, 0.25) is 5.02 Å². The number of hydrogen-bond acceptors (Lipinski definition) is 6. The van der Waals surface area contributed by atoms with Gasteiger partial charge in [0.05, 0.1) is 28.9 Å². The third-order valence-electron chi connectivity index (χ3n) is 5.76. The van der Waals surface area contributed by atoms with Gasteiger partial charge in [-0.25, -0.2) is 14.8 Å². The Labute approximate surface area is 222 Å². The normalized spacial score (nSPS) is 10.9. The first-order chi connectivity index (χ1) is 18.0. The van der Waals surface area contributed by atoms with Gasteiger partial charge in [-0.2, -0.15) is 0 Å². The first-order valence-corrected chi connectivity index (χ1v) is 12.8. The second-order valence-electron chi connectivity index (χ2n) is 8.43. The summed E-state index contributed by atoms with van der Waals surface area (Å²) in [4.78, 5) is 34.7. The summed E-state index contributed by atoms with van der Waals surface area (Å²) >= 11 is 7.39. The first kappa shape index (κ1) is 24.6. The van der Waals surface area contributed by atoms with Crippen molar-refractivity contribution in [3.05, 3.63) is 111 Å². The molecule has 1 N–H and O–H groups in total. The van der Waals surface area contributed by atoms with Gasteiger partial charge in [0.2, 0.25) is 5.91 Å². The van der Waals surface area contributed by atoms with Crippen molar-refractivity contribution in [3.8, 4) is 11.3 Å². The van der Waals surface area contributed by atoms with Crippen LogP contribution in [-0.4, -0.2) is 21.8 Å². The Morgan fingerprint density at radius 3 is 2.54 bits per heavy atom. The molecule has 3 aromatic carbocycles. The lowest BCUT2D eigenvalue weighted by Crippen LogP contribution is -2.15. The summed E-state index contributed by atoms with van der Waals surface area (Å²) in [5.74, 6) is -0.620. The maximum absolute atomic E-state index is 13.1. The molecule has 5 aromatic rings. The Bertz CT molecular complexity index is 1600. The molecule has 0 aliphatic carbocycles. The van der Waals surface area contributed by atoms with Crippen LogP contribution in [0.1, 0.15) is 26.6 Å². The predicted octanol–water partition coefficient (Wildman–Crippen LogP) is 6.86. The van der Waals surface area contributed by atoms with Crippen LogP contribution in [0, 0.1) is 6.92 Å². The number of halogens is 1. The highest BCUT2D eigenvalue weighted by Gasteiger charge is 2.17.